The van der Waals surface area contributed by atoms with E-state index in [1.807, 2.05) is 6.07 Å². The molecule has 1 aromatic carbocycles. The summed E-state index contributed by atoms with van der Waals surface area (Å²) in [4.78, 5) is 11.1. The molecule has 3 aromatic rings. The molecule has 6 heteroatoms. The topological polar surface area (TPSA) is 67.5 Å². The molecule has 2 aromatic heterocycles. The quantitative estimate of drug-likeness (QED) is 0.779. The predicted octanol–water partition coefficient (Wildman–Crippen LogP) is 2.75. The van der Waals surface area contributed by atoms with E-state index in [-0.39, 0.29) is 5.56 Å². The van der Waals surface area contributed by atoms with Gasteiger partial charge in [-0.3, -0.25) is 4.40 Å². The molecule has 0 aliphatic carbocycles. The largest absolute Gasteiger partial charge is 0.478 e. The van der Waals surface area contributed by atoms with Gasteiger partial charge in [0.05, 0.1) is 0 Å². The Morgan fingerprint density at radius 1 is 1.21 bits per heavy atom. The van der Waals surface area contributed by atoms with E-state index >= 15 is 0 Å². The summed E-state index contributed by atoms with van der Waals surface area (Å²) in [5.74, 6) is -0.476. The van der Waals surface area contributed by atoms with Crippen LogP contribution in [0.1, 0.15) is 10.4 Å². The van der Waals surface area contributed by atoms with Crippen LogP contribution in [-0.2, 0) is 0 Å². The van der Waals surface area contributed by atoms with Gasteiger partial charge in [0.2, 0.25) is 0 Å². The SMILES string of the molecule is O=C(O)c1cccn2c(-c3cccc(Cl)c3)nnc12. The van der Waals surface area contributed by atoms with E-state index in [9.17, 15) is 4.79 Å². The highest BCUT2D eigenvalue weighted by molar-refractivity contribution is 6.30. The number of aromatic nitrogens is 3. The molecule has 0 bridgehead atoms. The van der Waals surface area contributed by atoms with Crippen LogP contribution >= 0.6 is 11.6 Å². The Morgan fingerprint density at radius 3 is 2.79 bits per heavy atom. The van der Waals surface area contributed by atoms with Crippen molar-refractivity contribution in [3.05, 3.63) is 53.2 Å². The molecule has 0 fully saturated rings. The van der Waals surface area contributed by atoms with E-state index in [0.717, 1.165) is 5.56 Å². The Morgan fingerprint density at radius 2 is 2.05 bits per heavy atom. The molecule has 3 rings (SSSR count). The molecule has 94 valence electrons. The van der Waals surface area contributed by atoms with Crippen molar-refractivity contribution in [2.24, 2.45) is 0 Å². The fraction of sp³-hybridized carbons (Fsp3) is 0. The van der Waals surface area contributed by atoms with Gasteiger partial charge in [-0.25, -0.2) is 4.79 Å². The van der Waals surface area contributed by atoms with Crippen molar-refractivity contribution in [1.29, 1.82) is 0 Å². The maximum absolute atomic E-state index is 11.1. The van der Waals surface area contributed by atoms with Gasteiger partial charge >= 0.3 is 5.97 Å². The Labute approximate surface area is 113 Å². The molecule has 0 aliphatic rings. The zero-order chi connectivity index (χ0) is 13.4. The minimum absolute atomic E-state index is 0.114. The van der Waals surface area contributed by atoms with Crippen molar-refractivity contribution in [3.8, 4) is 11.4 Å². The normalized spacial score (nSPS) is 10.8. The van der Waals surface area contributed by atoms with Crippen molar-refractivity contribution in [3.63, 3.8) is 0 Å². The van der Waals surface area contributed by atoms with E-state index in [2.05, 4.69) is 10.2 Å². The highest BCUT2D eigenvalue weighted by Gasteiger charge is 2.14. The number of aromatic carboxylic acids is 1. The number of rotatable bonds is 2. The molecular weight excluding hydrogens is 266 g/mol. The number of pyridine rings is 1. The van der Waals surface area contributed by atoms with E-state index in [4.69, 9.17) is 16.7 Å². The zero-order valence-corrected chi connectivity index (χ0v) is 10.4. The summed E-state index contributed by atoms with van der Waals surface area (Å²) in [6.45, 7) is 0. The lowest BCUT2D eigenvalue weighted by atomic mass is 10.2. The number of carbonyl (C=O) groups is 1. The lowest BCUT2D eigenvalue weighted by molar-refractivity contribution is 0.0698. The minimum Gasteiger partial charge on any atom is -0.478 e. The highest BCUT2D eigenvalue weighted by Crippen LogP contribution is 2.22. The molecule has 1 N–H and O–H groups in total. The number of hydrogen-bond donors (Lipinski definition) is 1. The van der Waals surface area contributed by atoms with Crippen molar-refractivity contribution >= 4 is 23.2 Å². The summed E-state index contributed by atoms with van der Waals surface area (Å²) >= 11 is 5.94. The molecule has 0 radical (unpaired) electrons. The second kappa shape index (κ2) is 4.37. The van der Waals surface area contributed by atoms with Crippen molar-refractivity contribution in [2.45, 2.75) is 0 Å². The van der Waals surface area contributed by atoms with Gasteiger partial charge in [-0.1, -0.05) is 23.7 Å². The van der Waals surface area contributed by atoms with Gasteiger partial charge < -0.3 is 5.11 Å². The third-order valence-electron chi connectivity index (χ3n) is 2.75. The number of fused-ring (bicyclic) bond motifs is 1. The number of nitrogens with zero attached hydrogens (tertiary/aromatic N) is 3. The average Bonchev–Trinajstić information content (AvgIpc) is 2.82. The standard InChI is InChI=1S/C13H8ClN3O2/c14-9-4-1-3-8(7-9)11-15-16-12-10(13(18)19)5-2-6-17(11)12/h1-7H,(H,18,19). The number of hydrogen-bond acceptors (Lipinski definition) is 3. The molecule has 0 unspecified atom stereocenters. The first-order valence-electron chi connectivity index (χ1n) is 5.50. The van der Waals surface area contributed by atoms with E-state index in [1.54, 1.807) is 34.9 Å². The van der Waals surface area contributed by atoms with E-state index in [0.29, 0.717) is 16.5 Å². The first-order valence-corrected chi connectivity index (χ1v) is 5.87. The molecule has 0 atom stereocenters. The lowest BCUT2D eigenvalue weighted by Gasteiger charge is -2.01. The zero-order valence-electron chi connectivity index (χ0n) is 9.62. The molecule has 5 nitrogen and oxygen atoms in total. The Hall–Kier alpha value is -2.40. The van der Waals surface area contributed by atoms with Crippen LogP contribution in [0, 0.1) is 0 Å². The number of benzene rings is 1. The first kappa shape index (κ1) is 11.7. The highest BCUT2D eigenvalue weighted by atomic mass is 35.5. The van der Waals surface area contributed by atoms with Gasteiger partial charge in [-0.2, -0.15) is 0 Å². The Kier molecular flexibility index (Phi) is 2.68. The second-order valence-corrected chi connectivity index (χ2v) is 4.39. The van der Waals surface area contributed by atoms with Crippen LogP contribution in [0.25, 0.3) is 17.0 Å². The van der Waals surface area contributed by atoms with Crippen molar-refractivity contribution in [2.75, 3.05) is 0 Å². The van der Waals surface area contributed by atoms with Gasteiger partial charge in [0, 0.05) is 16.8 Å². The van der Waals surface area contributed by atoms with Crippen LogP contribution in [-0.4, -0.2) is 25.7 Å². The maximum Gasteiger partial charge on any atom is 0.339 e. The molecular formula is C13H8ClN3O2. The monoisotopic (exact) mass is 273 g/mol. The third kappa shape index (κ3) is 1.94. The van der Waals surface area contributed by atoms with Gasteiger partial charge in [0.25, 0.3) is 0 Å². The number of halogens is 1. The van der Waals surface area contributed by atoms with E-state index in [1.165, 1.54) is 6.07 Å². The van der Waals surface area contributed by atoms with Gasteiger partial charge in [-0.15, -0.1) is 10.2 Å². The van der Waals surface area contributed by atoms with Crippen LogP contribution in [0.5, 0.6) is 0 Å². The fourth-order valence-electron chi connectivity index (χ4n) is 1.91. The Bertz CT molecular complexity index is 782. The molecule has 0 saturated heterocycles. The summed E-state index contributed by atoms with van der Waals surface area (Å²) in [6, 6.07) is 10.3. The molecule has 19 heavy (non-hydrogen) atoms. The van der Waals surface area contributed by atoms with Gasteiger partial charge in [0.1, 0.15) is 5.56 Å². The predicted molar refractivity (Wildman–Crippen MR) is 70.4 cm³/mol. The molecule has 0 aliphatic heterocycles. The smallest absolute Gasteiger partial charge is 0.339 e. The molecule has 0 spiro atoms. The van der Waals surface area contributed by atoms with Crippen molar-refractivity contribution in [1.82, 2.24) is 14.6 Å². The third-order valence-corrected chi connectivity index (χ3v) is 2.98. The molecule has 2 heterocycles. The van der Waals surface area contributed by atoms with Crippen LogP contribution in [0.4, 0.5) is 0 Å². The lowest BCUT2D eigenvalue weighted by Crippen LogP contribution is -2.00. The summed E-state index contributed by atoms with van der Waals surface area (Å²) in [7, 11) is 0. The summed E-state index contributed by atoms with van der Waals surface area (Å²) in [5, 5.41) is 17.7. The van der Waals surface area contributed by atoms with Crippen molar-refractivity contribution < 1.29 is 9.90 Å². The van der Waals surface area contributed by atoms with Crippen LogP contribution in [0.3, 0.4) is 0 Å². The number of carboxylic acid groups (broad SMARTS) is 1. The molecule has 0 amide bonds. The summed E-state index contributed by atoms with van der Waals surface area (Å²) in [5.41, 5.74) is 1.20. The summed E-state index contributed by atoms with van der Waals surface area (Å²) in [6.07, 6.45) is 1.72. The molecule has 0 saturated carbocycles. The van der Waals surface area contributed by atoms with Crippen LogP contribution in [0.2, 0.25) is 5.02 Å². The van der Waals surface area contributed by atoms with Crippen LogP contribution in [0.15, 0.2) is 42.6 Å². The fourth-order valence-corrected chi connectivity index (χ4v) is 2.10. The first-order chi connectivity index (χ1) is 9.16. The number of carboxylic acids is 1. The maximum atomic E-state index is 11.1. The Balaban J connectivity index is 2.27. The second-order valence-electron chi connectivity index (χ2n) is 3.95. The summed E-state index contributed by atoms with van der Waals surface area (Å²) < 4.78 is 1.63. The average molecular weight is 274 g/mol. The minimum atomic E-state index is -1.03. The van der Waals surface area contributed by atoms with E-state index < -0.39 is 5.97 Å². The van der Waals surface area contributed by atoms with Gasteiger partial charge in [-0.05, 0) is 24.3 Å². The van der Waals surface area contributed by atoms with Crippen LogP contribution < -0.4 is 0 Å². The van der Waals surface area contributed by atoms with Gasteiger partial charge in [0.15, 0.2) is 11.5 Å².